The number of ether oxygens (including phenoxy) is 1. The lowest BCUT2D eigenvalue weighted by Crippen LogP contribution is -2.65. The van der Waals surface area contributed by atoms with Crippen molar-refractivity contribution in [1.29, 1.82) is 0 Å². The standard InChI is InChI=1S/C20H28N4O4/c1-20(19(26)21-14-4-9-27-10-5-14)13-23-15-6-11-28-17(15)12-16(23)18(25)24(20)8-7-22(2)3/h6,11-12,14H,4-5,7-10,13H2,1-3H3,(H,21,26). The number of carbonyl (C=O) groups excluding carboxylic acids is 2. The van der Waals surface area contributed by atoms with E-state index in [1.54, 1.807) is 17.2 Å². The smallest absolute Gasteiger partial charge is 0.271 e. The molecule has 28 heavy (non-hydrogen) atoms. The molecule has 1 saturated heterocycles. The summed E-state index contributed by atoms with van der Waals surface area (Å²) in [5.41, 5.74) is 1.12. The van der Waals surface area contributed by atoms with Crippen LogP contribution in [-0.2, 0) is 16.1 Å². The molecule has 0 spiro atoms. The van der Waals surface area contributed by atoms with Crippen LogP contribution in [0.25, 0.3) is 11.1 Å². The summed E-state index contributed by atoms with van der Waals surface area (Å²) >= 11 is 0. The minimum atomic E-state index is -0.971. The molecule has 2 aliphatic heterocycles. The summed E-state index contributed by atoms with van der Waals surface area (Å²) in [4.78, 5) is 30.5. The molecular formula is C20H28N4O4. The molecule has 1 fully saturated rings. The number of furan rings is 1. The van der Waals surface area contributed by atoms with Crippen molar-refractivity contribution in [2.75, 3.05) is 40.4 Å². The number of carbonyl (C=O) groups is 2. The second-order valence-corrected chi connectivity index (χ2v) is 8.18. The van der Waals surface area contributed by atoms with Crippen LogP contribution in [0.2, 0.25) is 0 Å². The van der Waals surface area contributed by atoms with Crippen LogP contribution in [0.1, 0.15) is 30.3 Å². The Morgan fingerprint density at radius 3 is 2.82 bits per heavy atom. The molecule has 0 aliphatic carbocycles. The number of nitrogens with one attached hydrogen (secondary N) is 1. The molecular weight excluding hydrogens is 360 g/mol. The van der Waals surface area contributed by atoms with Crippen molar-refractivity contribution in [3.05, 3.63) is 24.1 Å². The molecule has 1 atom stereocenters. The highest BCUT2D eigenvalue weighted by molar-refractivity contribution is 6.02. The maximum absolute atomic E-state index is 13.4. The quantitative estimate of drug-likeness (QED) is 0.835. The second-order valence-electron chi connectivity index (χ2n) is 8.18. The summed E-state index contributed by atoms with van der Waals surface area (Å²) in [6.07, 6.45) is 3.21. The lowest BCUT2D eigenvalue weighted by atomic mass is 9.93. The molecule has 152 valence electrons. The lowest BCUT2D eigenvalue weighted by molar-refractivity contribution is -0.134. The third-order valence-corrected chi connectivity index (χ3v) is 5.87. The molecule has 4 heterocycles. The van der Waals surface area contributed by atoms with E-state index in [1.165, 1.54) is 0 Å². The van der Waals surface area contributed by atoms with Gasteiger partial charge in [-0.3, -0.25) is 9.59 Å². The normalized spacial score (nSPS) is 23.4. The Morgan fingerprint density at radius 2 is 2.11 bits per heavy atom. The molecule has 0 aromatic carbocycles. The van der Waals surface area contributed by atoms with Gasteiger partial charge in [0.1, 0.15) is 11.2 Å². The molecule has 0 bridgehead atoms. The Bertz CT molecular complexity index is 880. The fourth-order valence-corrected chi connectivity index (χ4v) is 4.11. The molecule has 0 saturated carbocycles. The van der Waals surface area contributed by atoms with Crippen LogP contribution in [0.3, 0.4) is 0 Å². The summed E-state index contributed by atoms with van der Waals surface area (Å²) in [7, 11) is 3.92. The molecule has 1 unspecified atom stereocenters. The Morgan fingerprint density at radius 1 is 1.36 bits per heavy atom. The number of nitrogens with zero attached hydrogens (tertiary/aromatic N) is 3. The fourth-order valence-electron chi connectivity index (χ4n) is 4.11. The Kier molecular flexibility index (Phi) is 4.93. The zero-order chi connectivity index (χ0) is 19.9. The minimum absolute atomic E-state index is 0.0869. The van der Waals surface area contributed by atoms with Gasteiger partial charge in [0, 0.05) is 44.5 Å². The molecule has 2 aliphatic rings. The first-order valence-electron chi connectivity index (χ1n) is 9.82. The van der Waals surface area contributed by atoms with E-state index in [-0.39, 0.29) is 17.9 Å². The van der Waals surface area contributed by atoms with Gasteiger partial charge in [-0.1, -0.05) is 0 Å². The largest absolute Gasteiger partial charge is 0.463 e. The SMILES string of the molecule is CN(C)CCN1C(=O)c2cc3occc3n2CC1(C)C(=O)NC1CCOCC1. The Labute approximate surface area is 164 Å². The van der Waals surface area contributed by atoms with Crippen molar-refractivity contribution in [1.82, 2.24) is 19.7 Å². The van der Waals surface area contributed by atoms with E-state index in [1.807, 2.05) is 36.6 Å². The van der Waals surface area contributed by atoms with Crippen molar-refractivity contribution in [3.63, 3.8) is 0 Å². The minimum Gasteiger partial charge on any atom is -0.463 e. The average Bonchev–Trinajstić information content (AvgIpc) is 3.24. The van der Waals surface area contributed by atoms with E-state index < -0.39 is 5.54 Å². The Hall–Kier alpha value is -2.32. The molecule has 2 amide bonds. The van der Waals surface area contributed by atoms with Gasteiger partial charge in [-0.25, -0.2) is 0 Å². The second kappa shape index (κ2) is 7.25. The van der Waals surface area contributed by atoms with Crippen LogP contribution < -0.4 is 5.32 Å². The van der Waals surface area contributed by atoms with Gasteiger partial charge < -0.3 is 28.8 Å². The van der Waals surface area contributed by atoms with Crippen molar-refractivity contribution in [2.45, 2.75) is 37.9 Å². The van der Waals surface area contributed by atoms with Crippen LogP contribution in [-0.4, -0.2) is 78.2 Å². The van der Waals surface area contributed by atoms with Crippen LogP contribution in [0.5, 0.6) is 0 Å². The van der Waals surface area contributed by atoms with Gasteiger partial charge in [0.05, 0.1) is 18.3 Å². The highest BCUT2D eigenvalue weighted by Gasteiger charge is 2.48. The summed E-state index contributed by atoms with van der Waals surface area (Å²) < 4.78 is 12.8. The van der Waals surface area contributed by atoms with E-state index in [9.17, 15) is 9.59 Å². The zero-order valence-electron chi connectivity index (χ0n) is 16.7. The molecule has 8 nitrogen and oxygen atoms in total. The summed E-state index contributed by atoms with van der Waals surface area (Å²) in [6, 6.07) is 3.71. The average molecular weight is 388 g/mol. The van der Waals surface area contributed by atoms with Crippen LogP contribution in [0.4, 0.5) is 0 Å². The molecule has 2 aromatic heterocycles. The number of hydrogen-bond acceptors (Lipinski definition) is 5. The van der Waals surface area contributed by atoms with Gasteiger partial charge in [-0.05, 0) is 33.9 Å². The van der Waals surface area contributed by atoms with Crippen LogP contribution in [0.15, 0.2) is 22.8 Å². The van der Waals surface area contributed by atoms with E-state index in [2.05, 4.69) is 5.32 Å². The number of fused-ring (bicyclic) bond motifs is 3. The van der Waals surface area contributed by atoms with Gasteiger partial charge in [-0.2, -0.15) is 0 Å². The first kappa shape index (κ1) is 19.0. The third-order valence-electron chi connectivity index (χ3n) is 5.87. The zero-order valence-corrected chi connectivity index (χ0v) is 16.7. The number of likely N-dealkylation sites (N-methyl/N-ethyl adjacent to an activating group) is 1. The van der Waals surface area contributed by atoms with Gasteiger partial charge in [-0.15, -0.1) is 0 Å². The maximum atomic E-state index is 13.4. The van der Waals surface area contributed by atoms with E-state index in [0.717, 1.165) is 18.4 Å². The summed E-state index contributed by atoms with van der Waals surface area (Å²) in [5, 5.41) is 3.17. The fraction of sp³-hybridized carbons (Fsp3) is 0.600. The summed E-state index contributed by atoms with van der Waals surface area (Å²) in [5.74, 6) is -0.244. The van der Waals surface area contributed by atoms with E-state index >= 15 is 0 Å². The van der Waals surface area contributed by atoms with Gasteiger partial charge in [0.2, 0.25) is 5.91 Å². The molecule has 0 radical (unpaired) electrons. The highest BCUT2D eigenvalue weighted by Crippen LogP contribution is 2.32. The van der Waals surface area contributed by atoms with Crippen molar-refractivity contribution in [3.8, 4) is 0 Å². The third kappa shape index (κ3) is 3.20. The Balaban J connectivity index is 1.67. The van der Waals surface area contributed by atoms with E-state index in [4.69, 9.17) is 9.15 Å². The topological polar surface area (TPSA) is 80.0 Å². The molecule has 4 rings (SSSR count). The lowest BCUT2D eigenvalue weighted by Gasteiger charge is -2.45. The monoisotopic (exact) mass is 388 g/mol. The highest BCUT2D eigenvalue weighted by atomic mass is 16.5. The predicted octanol–water partition coefficient (Wildman–Crippen LogP) is 1.31. The molecule has 8 heteroatoms. The van der Waals surface area contributed by atoms with Gasteiger partial charge in [0.15, 0.2) is 5.58 Å². The molecule has 1 N–H and O–H groups in total. The van der Waals surface area contributed by atoms with E-state index in [0.29, 0.717) is 44.1 Å². The first-order valence-corrected chi connectivity index (χ1v) is 9.82. The van der Waals surface area contributed by atoms with Crippen molar-refractivity contribution < 1.29 is 18.7 Å². The summed E-state index contributed by atoms with van der Waals surface area (Å²) in [6.45, 7) is 4.74. The van der Waals surface area contributed by atoms with Gasteiger partial charge in [0.25, 0.3) is 5.91 Å². The molecule has 2 aromatic rings. The number of aromatic nitrogens is 1. The predicted molar refractivity (Wildman–Crippen MR) is 104 cm³/mol. The van der Waals surface area contributed by atoms with Crippen LogP contribution >= 0.6 is 0 Å². The van der Waals surface area contributed by atoms with Gasteiger partial charge >= 0.3 is 0 Å². The number of hydrogen-bond donors (Lipinski definition) is 1. The first-order chi connectivity index (χ1) is 13.4. The van der Waals surface area contributed by atoms with Crippen molar-refractivity contribution >= 4 is 22.9 Å². The van der Waals surface area contributed by atoms with Crippen LogP contribution in [0, 0.1) is 0 Å². The number of rotatable bonds is 5. The number of amides is 2. The van der Waals surface area contributed by atoms with Crippen molar-refractivity contribution in [2.24, 2.45) is 0 Å². The maximum Gasteiger partial charge on any atom is 0.271 e.